The molecule has 0 saturated carbocycles. The van der Waals surface area contributed by atoms with Gasteiger partial charge in [0.05, 0.1) is 11.5 Å². The largest absolute Gasteiger partial charge is 0.477 e. The molecule has 0 spiro atoms. The standard InChI is InChI=1S/C19H19N3O6/c1-11-12(8-6-10-20-18(25)28-19(2,3)4)13-7-5-9-14(22(26)27)16(13)21-15(11)17(23)24/h5,7,9H,10H2,1-4H3,(H,20,25)(H,23,24). The van der Waals surface area contributed by atoms with Gasteiger partial charge in [-0.3, -0.25) is 10.1 Å². The van der Waals surface area contributed by atoms with Gasteiger partial charge in [-0.1, -0.05) is 24.0 Å². The van der Waals surface area contributed by atoms with Crippen molar-refractivity contribution in [2.24, 2.45) is 0 Å². The van der Waals surface area contributed by atoms with E-state index in [9.17, 15) is 24.8 Å². The lowest BCUT2D eigenvalue weighted by atomic mass is 10.0. The zero-order chi connectivity index (χ0) is 21.1. The quantitative estimate of drug-likeness (QED) is 0.471. The molecule has 0 unspecified atom stereocenters. The first kappa shape index (κ1) is 20.6. The van der Waals surface area contributed by atoms with E-state index in [4.69, 9.17) is 4.74 Å². The highest BCUT2D eigenvalue weighted by Gasteiger charge is 2.21. The Kier molecular flexibility index (Phi) is 5.84. The molecule has 2 N–H and O–H groups in total. The molecule has 0 aliphatic heterocycles. The van der Waals surface area contributed by atoms with E-state index in [-0.39, 0.29) is 29.0 Å². The number of aromatic nitrogens is 1. The summed E-state index contributed by atoms with van der Waals surface area (Å²) in [6, 6.07) is 4.31. The molecule has 0 aliphatic rings. The number of hydrogen-bond acceptors (Lipinski definition) is 6. The number of nitrogens with one attached hydrogen (secondary N) is 1. The summed E-state index contributed by atoms with van der Waals surface area (Å²) in [5.41, 5.74) is -0.742. The number of hydrogen-bond donors (Lipinski definition) is 2. The van der Waals surface area contributed by atoms with E-state index in [0.29, 0.717) is 10.9 Å². The highest BCUT2D eigenvalue weighted by Crippen LogP contribution is 2.29. The number of aromatic carboxylic acids is 1. The average Bonchev–Trinajstić information content (AvgIpc) is 2.57. The molecular formula is C19H19N3O6. The summed E-state index contributed by atoms with van der Waals surface area (Å²) < 4.78 is 5.10. The predicted octanol–water partition coefficient (Wildman–Crippen LogP) is 3.03. The lowest BCUT2D eigenvalue weighted by Gasteiger charge is -2.19. The SMILES string of the molecule is Cc1c(C(=O)O)nc2c([N+](=O)[O-])cccc2c1C#CCNC(=O)OC(C)(C)C. The number of non-ortho nitro benzene ring substituents is 1. The number of ether oxygens (including phenoxy) is 1. The summed E-state index contributed by atoms with van der Waals surface area (Å²) in [6.07, 6.45) is -0.639. The van der Waals surface area contributed by atoms with Crippen LogP contribution in [0.3, 0.4) is 0 Å². The third kappa shape index (κ3) is 4.73. The minimum absolute atomic E-state index is 0.0461. The maximum Gasteiger partial charge on any atom is 0.408 e. The van der Waals surface area contributed by atoms with Crippen molar-refractivity contribution in [3.05, 3.63) is 45.1 Å². The van der Waals surface area contributed by atoms with Crippen LogP contribution in [-0.2, 0) is 4.74 Å². The van der Waals surface area contributed by atoms with Crippen LogP contribution in [0.1, 0.15) is 42.4 Å². The number of carbonyl (C=O) groups is 2. The Bertz CT molecular complexity index is 1030. The van der Waals surface area contributed by atoms with Crippen molar-refractivity contribution < 1.29 is 24.4 Å². The van der Waals surface area contributed by atoms with E-state index >= 15 is 0 Å². The number of nitrogens with zero attached hydrogens (tertiary/aromatic N) is 2. The van der Waals surface area contributed by atoms with Crippen molar-refractivity contribution in [1.82, 2.24) is 10.3 Å². The Labute approximate surface area is 160 Å². The smallest absolute Gasteiger partial charge is 0.408 e. The van der Waals surface area contributed by atoms with E-state index < -0.39 is 22.6 Å². The molecular weight excluding hydrogens is 366 g/mol. The van der Waals surface area contributed by atoms with Crippen molar-refractivity contribution in [3.63, 3.8) is 0 Å². The van der Waals surface area contributed by atoms with Crippen LogP contribution in [0.15, 0.2) is 18.2 Å². The van der Waals surface area contributed by atoms with Crippen molar-refractivity contribution in [3.8, 4) is 11.8 Å². The molecule has 0 bridgehead atoms. The molecule has 28 heavy (non-hydrogen) atoms. The fraction of sp³-hybridized carbons (Fsp3) is 0.316. The van der Waals surface area contributed by atoms with E-state index in [1.54, 1.807) is 26.8 Å². The van der Waals surface area contributed by atoms with Crippen LogP contribution in [0.4, 0.5) is 10.5 Å². The Morgan fingerprint density at radius 1 is 1.36 bits per heavy atom. The van der Waals surface area contributed by atoms with Crippen LogP contribution < -0.4 is 5.32 Å². The monoisotopic (exact) mass is 385 g/mol. The lowest BCUT2D eigenvalue weighted by Crippen LogP contribution is -2.32. The summed E-state index contributed by atoms with van der Waals surface area (Å²) in [6.45, 7) is 6.66. The highest BCUT2D eigenvalue weighted by molar-refractivity contribution is 5.98. The number of pyridine rings is 1. The zero-order valence-corrected chi connectivity index (χ0v) is 15.8. The molecule has 0 fully saturated rings. The van der Waals surface area contributed by atoms with Crippen LogP contribution >= 0.6 is 0 Å². The van der Waals surface area contributed by atoms with Gasteiger partial charge in [-0.25, -0.2) is 14.6 Å². The van der Waals surface area contributed by atoms with Gasteiger partial charge in [-0.05, 0) is 33.3 Å². The summed E-state index contributed by atoms with van der Waals surface area (Å²) in [7, 11) is 0. The van der Waals surface area contributed by atoms with Crippen LogP contribution in [0, 0.1) is 28.9 Å². The van der Waals surface area contributed by atoms with E-state index in [1.165, 1.54) is 19.1 Å². The first-order valence-electron chi connectivity index (χ1n) is 8.28. The number of nitro groups is 1. The topological polar surface area (TPSA) is 132 Å². The fourth-order valence-electron chi connectivity index (χ4n) is 2.45. The normalized spacial score (nSPS) is 10.7. The third-order valence-corrected chi connectivity index (χ3v) is 3.57. The van der Waals surface area contributed by atoms with E-state index in [1.807, 2.05) is 0 Å². The van der Waals surface area contributed by atoms with Gasteiger partial charge in [0.1, 0.15) is 11.1 Å². The molecule has 1 aromatic heterocycles. The second-order valence-electron chi connectivity index (χ2n) is 6.85. The average molecular weight is 385 g/mol. The molecule has 0 radical (unpaired) electrons. The van der Waals surface area contributed by atoms with Gasteiger partial charge in [0.25, 0.3) is 5.69 Å². The number of alkyl carbamates (subject to hydrolysis) is 1. The summed E-state index contributed by atoms with van der Waals surface area (Å²) in [4.78, 5) is 37.7. The first-order chi connectivity index (χ1) is 13.0. The molecule has 0 atom stereocenters. The highest BCUT2D eigenvalue weighted by atomic mass is 16.6. The number of para-hydroxylation sites is 1. The number of carboxylic acids is 1. The maximum atomic E-state index is 11.6. The molecule has 2 rings (SSSR count). The summed E-state index contributed by atoms with van der Waals surface area (Å²) in [5.74, 6) is 4.19. The minimum atomic E-state index is -1.31. The Morgan fingerprint density at radius 2 is 2.04 bits per heavy atom. The number of carboxylic acid groups (broad SMARTS) is 1. The number of nitro benzene ring substituents is 1. The van der Waals surface area contributed by atoms with Crippen LogP contribution in [0.25, 0.3) is 10.9 Å². The summed E-state index contributed by atoms with van der Waals surface area (Å²) in [5, 5.41) is 23.5. The molecule has 1 heterocycles. The van der Waals surface area contributed by atoms with Crippen LogP contribution in [0.5, 0.6) is 0 Å². The molecule has 9 heteroatoms. The molecule has 1 amide bonds. The summed E-state index contributed by atoms with van der Waals surface area (Å²) >= 11 is 0. The molecule has 9 nitrogen and oxygen atoms in total. The van der Waals surface area contributed by atoms with Gasteiger partial charge in [0.2, 0.25) is 0 Å². The zero-order valence-electron chi connectivity index (χ0n) is 15.8. The van der Waals surface area contributed by atoms with E-state index in [0.717, 1.165) is 0 Å². The van der Waals surface area contributed by atoms with Gasteiger partial charge >= 0.3 is 12.1 Å². The molecule has 146 valence electrons. The minimum Gasteiger partial charge on any atom is -0.477 e. The molecule has 2 aromatic rings. The molecule has 0 aliphatic carbocycles. The predicted molar refractivity (Wildman–Crippen MR) is 101 cm³/mol. The number of fused-ring (bicyclic) bond motifs is 1. The van der Waals surface area contributed by atoms with Crippen molar-refractivity contribution in [1.29, 1.82) is 0 Å². The second-order valence-corrected chi connectivity index (χ2v) is 6.85. The second kappa shape index (κ2) is 7.92. The van der Waals surface area contributed by atoms with Gasteiger partial charge < -0.3 is 15.2 Å². The van der Waals surface area contributed by atoms with Crippen LogP contribution in [-0.4, -0.2) is 39.2 Å². The Hall–Kier alpha value is -3.67. The van der Waals surface area contributed by atoms with Gasteiger partial charge in [0, 0.05) is 17.0 Å². The number of rotatable bonds is 3. The molecule has 1 aromatic carbocycles. The third-order valence-electron chi connectivity index (χ3n) is 3.57. The lowest BCUT2D eigenvalue weighted by molar-refractivity contribution is -0.383. The van der Waals surface area contributed by atoms with Crippen molar-refractivity contribution >= 4 is 28.7 Å². The van der Waals surface area contributed by atoms with Crippen LogP contribution in [0.2, 0.25) is 0 Å². The molecule has 0 saturated heterocycles. The number of carbonyl (C=O) groups excluding carboxylic acids is 1. The number of benzene rings is 1. The maximum absolute atomic E-state index is 11.6. The van der Waals surface area contributed by atoms with Gasteiger partial charge in [0.15, 0.2) is 5.69 Å². The Morgan fingerprint density at radius 3 is 2.61 bits per heavy atom. The van der Waals surface area contributed by atoms with Crippen molar-refractivity contribution in [2.75, 3.05) is 6.54 Å². The first-order valence-corrected chi connectivity index (χ1v) is 8.28. The fourth-order valence-corrected chi connectivity index (χ4v) is 2.45. The van der Waals surface area contributed by atoms with E-state index in [2.05, 4.69) is 22.1 Å². The van der Waals surface area contributed by atoms with Gasteiger partial charge in [-0.2, -0.15) is 0 Å². The van der Waals surface area contributed by atoms with Gasteiger partial charge in [-0.15, -0.1) is 0 Å². The van der Waals surface area contributed by atoms with Crippen molar-refractivity contribution in [2.45, 2.75) is 33.3 Å². The Balaban J connectivity index is 2.46. The number of amides is 1.